The molecule has 0 bridgehead atoms. The molecule has 2 heterocycles. The van der Waals surface area contributed by atoms with Gasteiger partial charge in [0.15, 0.2) is 0 Å². The maximum Gasteiger partial charge on any atom is 0.257 e. The van der Waals surface area contributed by atoms with E-state index in [2.05, 4.69) is 11.2 Å². The summed E-state index contributed by atoms with van der Waals surface area (Å²) in [6.07, 6.45) is 1.75. The third-order valence-corrected chi connectivity index (χ3v) is 4.01. The molecule has 1 fully saturated rings. The molecule has 3 rings (SSSR count). The Hall–Kier alpha value is -2.14. The van der Waals surface area contributed by atoms with Gasteiger partial charge in [-0.2, -0.15) is 5.10 Å². The van der Waals surface area contributed by atoms with Crippen molar-refractivity contribution in [3.63, 3.8) is 0 Å². The Balaban J connectivity index is 1.88. The fourth-order valence-corrected chi connectivity index (χ4v) is 2.81. The van der Waals surface area contributed by atoms with E-state index in [0.717, 1.165) is 11.4 Å². The first-order valence-corrected chi connectivity index (χ1v) is 7.59. The van der Waals surface area contributed by atoms with Gasteiger partial charge in [-0.25, -0.2) is 4.68 Å². The van der Waals surface area contributed by atoms with E-state index < -0.39 is 0 Å². The molecule has 1 aromatic heterocycles. The zero-order valence-electron chi connectivity index (χ0n) is 13.2. The molecule has 0 N–H and O–H groups in total. The molecule has 1 aromatic carbocycles. The van der Waals surface area contributed by atoms with Gasteiger partial charge in [0.25, 0.3) is 5.91 Å². The van der Waals surface area contributed by atoms with Gasteiger partial charge in [0.2, 0.25) is 0 Å². The highest BCUT2D eigenvalue weighted by Crippen LogP contribution is 2.18. The highest BCUT2D eigenvalue weighted by atomic mass is 16.5. The van der Waals surface area contributed by atoms with Crippen LogP contribution in [0.4, 0.5) is 0 Å². The number of nitrogens with zero attached hydrogens (tertiary/aromatic N) is 3. The summed E-state index contributed by atoms with van der Waals surface area (Å²) in [5.74, 6) is 0.0338. The number of carbonyl (C=O) groups is 1. The summed E-state index contributed by atoms with van der Waals surface area (Å²) in [5, 5.41) is 4.40. The van der Waals surface area contributed by atoms with Gasteiger partial charge in [-0.05, 0) is 38.5 Å². The molecule has 0 aliphatic carbocycles. The molecule has 1 atom stereocenters. The number of morpholine rings is 1. The van der Waals surface area contributed by atoms with Gasteiger partial charge in [0, 0.05) is 13.1 Å². The quantitative estimate of drug-likeness (QED) is 0.855. The third-order valence-electron chi connectivity index (χ3n) is 4.01. The van der Waals surface area contributed by atoms with Crippen molar-refractivity contribution in [1.82, 2.24) is 14.7 Å². The summed E-state index contributed by atoms with van der Waals surface area (Å²) in [4.78, 5) is 14.5. The predicted molar refractivity (Wildman–Crippen MR) is 84.4 cm³/mol. The average molecular weight is 299 g/mol. The van der Waals surface area contributed by atoms with Gasteiger partial charge in [0.1, 0.15) is 0 Å². The molecule has 1 saturated heterocycles. The summed E-state index contributed by atoms with van der Waals surface area (Å²) in [7, 11) is 0. The Bertz CT molecular complexity index is 693. The normalized spacial score (nSPS) is 18.5. The van der Waals surface area contributed by atoms with Crippen LogP contribution in [-0.2, 0) is 4.74 Å². The second kappa shape index (κ2) is 5.93. The molecule has 5 heteroatoms. The molecule has 22 heavy (non-hydrogen) atoms. The second-order valence-corrected chi connectivity index (χ2v) is 5.83. The lowest BCUT2D eigenvalue weighted by Crippen LogP contribution is -2.44. The van der Waals surface area contributed by atoms with Crippen LogP contribution in [0, 0.1) is 13.8 Å². The van der Waals surface area contributed by atoms with Crippen molar-refractivity contribution in [1.29, 1.82) is 0 Å². The largest absolute Gasteiger partial charge is 0.375 e. The molecule has 1 amide bonds. The lowest BCUT2D eigenvalue weighted by molar-refractivity contribution is -0.0124. The van der Waals surface area contributed by atoms with E-state index in [1.54, 1.807) is 6.20 Å². The fourth-order valence-electron chi connectivity index (χ4n) is 2.81. The first-order chi connectivity index (χ1) is 10.6. The van der Waals surface area contributed by atoms with Crippen molar-refractivity contribution >= 4 is 5.91 Å². The number of ether oxygens (including phenoxy) is 1. The second-order valence-electron chi connectivity index (χ2n) is 5.83. The summed E-state index contributed by atoms with van der Waals surface area (Å²) < 4.78 is 7.32. The minimum absolute atomic E-state index is 0.0338. The van der Waals surface area contributed by atoms with Gasteiger partial charge < -0.3 is 9.64 Å². The molecule has 0 spiro atoms. The molecule has 116 valence electrons. The van der Waals surface area contributed by atoms with Crippen LogP contribution in [0.5, 0.6) is 0 Å². The Morgan fingerprint density at radius 1 is 1.36 bits per heavy atom. The highest BCUT2D eigenvalue weighted by Gasteiger charge is 2.25. The maximum atomic E-state index is 12.7. The van der Waals surface area contributed by atoms with Gasteiger partial charge in [-0.15, -0.1) is 0 Å². The minimum atomic E-state index is 0.0338. The van der Waals surface area contributed by atoms with Gasteiger partial charge in [-0.3, -0.25) is 4.79 Å². The number of hydrogen-bond donors (Lipinski definition) is 0. The molecular formula is C17H21N3O2. The van der Waals surface area contributed by atoms with E-state index in [0.29, 0.717) is 25.3 Å². The van der Waals surface area contributed by atoms with E-state index in [1.165, 1.54) is 5.56 Å². The summed E-state index contributed by atoms with van der Waals surface area (Å²) in [5.41, 5.74) is 3.68. The summed E-state index contributed by atoms with van der Waals surface area (Å²) in [6, 6.07) is 8.10. The molecule has 0 radical (unpaired) electrons. The Labute approximate surface area is 130 Å². The maximum absolute atomic E-state index is 12.7. The smallest absolute Gasteiger partial charge is 0.257 e. The molecule has 2 aromatic rings. The number of rotatable bonds is 2. The predicted octanol–water partition coefficient (Wildman–Crippen LogP) is 2.35. The standard InChI is InChI=1S/C17H21N3O2/c1-12-5-4-6-15(9-12)20-14(3)16(10-18-20)17(21)19-7-8-22-13(2)11-19/h4-6,9-10,13H,7-8,11H2,1-3H3. The Morgan fingerprint density at radius 3 is 2.91 bits per heavy atom. The number of amides is 1. The van der Waals surface area contributed by atoms with Crippen molar-refractivity contribution in [2.75, 3.05) is 19.7 Å². The number of aromatic nitrogens is 2. The number of benzene rings is 1. The number of carbonyl (C=O) groups excluding carboxylic acids is 1. The third kappa shape index (κ3) is 2.76. The zero-order chi connectivity index (χ0) is 15.7. The number of aryl methyl sites for hydroxylation is 1. The fraction of sp³-hybridized carbons (Fsp3) is 0.412. The molecule has 1 aliphatic heterocycles. The van der Waals surface area contributed by atoms with Crippen molar-refractivity contribution in [2.45, 2.75) is 26.9 Å². The SMILES string of the molecule is Cc1cccc(-n2ncc(C(=O)N3CCOC(C)C3)c2C)c1. The van der Waals surface area contributed by atoms with E-state index in [4.69, 9.17) is 4.74 Å². The van der Waals surface area contributed by atoms with Crippen molar-refractivity contribution in [3.05, 3.63) is 47.3 Å². The van der Waals surface area contributed by atoms with Crippen molar-refractivity contribution in [3.8, 4) is 5.69 Å². The molecule has 5 nitrogen and oxygen atoms in total. The average Bonchev–Trinajstić information content (AvgIpc) is 2.88. The highest BCUT2D eigenvalue weighted by molar-refractivity contribution is 5.95. The topological polar surface area (TPSA) is 47.4 Å². The van der Waals surface area contributed by atoms with Gasteiger partial charge in [0.05, 0.1) is 35.9 Å². The van der Waals surface area contributed by atoms with Crippen molar-refractivity contribution in [2.24, 2.45) is 0 Å². The van der Waals surface area contributed by atoms with Crippen LogP contribution in [0.1, 0.15) is 28.5 Å². The zero-order valence-corrected chi connectivity index (χ0v) is 13.2. The van der Waals surface area contributed by atoms with Crippen LogP contribution in [0.25, 0.3) is 5.69 Å². The van der Waals surface area contributed by atoms with Crippen LogP contribution >= 0.6 is 0 Å². The van der Waals surface area contributed by atoms with Crippen LogP contribution in [0.2, 0.25) is 0 Å². The molecule has 0 saturated carbocycles. The molecule has 1 aliphatic rings. The minimum Gasteiger partial charge on any atom is -0.375 e. The van der Waals surface area contributed by atoms with Crippen molar-refractivity contribution < 1.29 is 9.53 Å². The van der Waals surface area contributed by atoms with E-state index in [9.17, 15) is 4.79 Å². The molecule has 1 unspecified atom stereocenters. The summed E-state index contributed by atoms with van der Waals surface area (Å²) in [6.45, 7) is 7.84. The first-order valence-electron chi connectivity index (χ1n) is 7.59. The van der Waals surface area contributed by atoms with Crippen LogP contribution in [-0.4, -0.2) is 46.4 Å². The van der Waals surface area contributed by atoms with E-state index >= 15 is 0 Å². The monoisotopic (exact) mass is 299 g/mol. The Morgan fingerprint density at radius 2 is 2.18 bits per heavy atom. The van der Waals surface area contributed by atoms with Gasteiger partial charge >= 0.3 is 0 Å². The summed E-state index contributed by atoms with van der Waals surface area (Å²) >= 11 is 0. The lowest BCUT2D eigenvalue weighted by Gasteiger charge is -2.31. The van der Waals surface area contributed by atoms with E-state index in [-0.39, 0.29) is 12.0 Å². The van der Waals surface area contributed by atoms with Crippen LogP contribution < -0.4 is 0 Å². The van der Waals surface area contributed by atoms with Crippen LogP contribution in [0.15, 0.2) is 30.5 Å². The van der Waals surface area contributed by atoms with Gasteiger partial charge in [-0.1, -0.05) is 12.1 Å². The lowest BCUT2D eigenvalue weighted by atomic mass is 10.2. The van der Waals surface area contributed by atoms with Crippen LogP contribution in [0.3, 0.4) is 0 Å². The Kier molecular flexibility index (Phi) is 3.98. The number of hydrogen-bond acceptors (Lipinski definition) is 3. The van der Waals surface area contributed by atoms with E-state index in [1.807, 2.05) is 48.6 Å². The molecular weight excluding hydrogens is 278 g/mol. The first kappa shape index (κ1) is 14.8.